The smallest absolute Gasteiger partial charge is 0.292 e. The van der Waals surface area contributed by atoms with Crippen molar-refractivity contribution >= 4 is 28.8 Å². The van der Waals surface area contributed by atoms with Crippen LogP contribution in [0.3, 0.4) is 0 Å². The summed E-state index contributed by atoms with van der Waals surface area (Å²) in [6.45, 7) is 1.60. The lowest BCUT2D eigenvalue weighted by Crippen LogP contribution is -2.47. The van der Waals surface area contributed by atoms with Gasteiger partial charge in [-0.05, 0) is 19.1 Å². The van der Waals surface area contributed by atoms with E-state index in [0.29, 0.717) is 5.56 Å². The Bertz CT molecular complexity index is 901. The van der Waals surface area contributed by atoms with Crippen LogP contribution in [0.25, 0.3) is 0 Å². The van der Waals surface area contributed by atoms with Gasteiger partial charge in [-0.2, -0.15) is 0 Å². The fourth-order valence-corrected chi connectivity index (χ4v) is 3.68. The number of carbonyl (C=O) groups excluding carboxylic acids is 1. The molecule has 0 saturated heterocycles. The van der Waals surface area contributed by atoms with Gasteiger partial charge in [0.05, 0.1) is 15.7 Å². The number of Topliss-reactive ketones (excluding diaryl/α,β-unsaturated/α-hetero) is 1. The Morgan fingerprint density at radius 1 is 1.22 bits per heavy atom. The monoisotopic (exact) mass is 388 g/mol. The van der Waals surface area contributed by atoms with Crippen molar-refractivity contribution in [2.75, 3.05) is 5.32 Å². The SMILES string of the molecule is CC1(Cl)CC(F)(Nc2ccccc2[N+](=O)[O-])C=CC1C(=O)c1ccccc1. The van der Waals surface area contributed by atoms with Crippen molar-refractivity contribution in [3.05, 3.63) is 82.4 Å². The largest absolute Gasteiger partial charge is 0.345 e. The third-order valence-corrected chi connectivity index (χ3v) is 4.96. The summed E-state index contributed by atoms with van der Waals surface area (Å²) in [5.74, 6) is -3.02. The molecule has 1 aliphatic rings. The number of allylic oxidation sites excluding steroid dienone is 1. The second-order valence-electron chi connectivity index (χ2n) is 6.78. The average molecular weight is 389 g/mol. The van der Waals surface area contributed by atoms with Crippen molar-refractivity contribution in [1.29, 1.82) is 0 Å². The number of alkyl halides is 2. The summed E-state index contributed by atoms with van der Waals surface area (Å²) in [7, 11) is 0. The van der Waals surface area contributed by atoms with Gasteiger partial charge >= 0.3 is 0 Å². The maximum Gasteiger partial charge on any atom is 0.292 e. The number of carbonyl (C=O) groups is 1. The van der Waals surface area contributed by atoms with Gasteiger partial charge in [0.25, 0.3) is 5.69 Å². The second kappa shape index (κ2) is 7.12. The molecule has 5 nitrogen and oxygen atoms in total. The summed E-state index contributed by atoms with van der Waals surface area (Å²) in [6.07, 6.45) is 2.43. The first-order valence-corrected chi connectivity index (χ1v) is 8.78. The van der Waals surface area contributed by atoms with E-state index in [4.69, 9.17) is 11.6 Å². The molecule has 3 rings (SSSR count). The molecule has 1 aliphatic carbocycles. The zero-order valence-corrected chi connectivity index (χ0v) is 15.3. The number of anilines is 1. The van der Waals surface area contributed by atoms with Gasteiger partial charge in [-0.25, -0.2) is 4.39 Å². The highest BCUT2D eigenvalue weighted by atomic mass is 35.5. The van der Waals surface area contributed by atoms with Crippen LogP contribution in [0.5, 0.6) is 0 Å². The topological polar surface area (TPSA) is 72.2 Å². The summed E-state index contributed by atoms with van der Waals surface area (Å²) in [5, 5.41) is 13.7. The summed E-state index contributed by atoms with van der Waals surface area (Å²) < 4.78 is 15.4. The minimum absolute atomic E-state index is 0.0509. The number of para-hydroxylation sites is 2. The van der Waals surface area contributed by atoms with Crippen molar-refractivity contribution in [2.45, 2.75) is 24.0 Å². The first kappa shape index (κ1) is 19.0. The van der Waals surface area contributed by atoms with Crippen LogP contribution in [-0.4, -0.2) is 21.4 Å². The normalized spacial score (nSPS) is 27.1. The lowest BCUT2D eigenvalue weighted by atomic mass is 9.77. The highest BCUT2D eigenvalue weighted by molar-refractivity contribution is 6.26. The van der Waals surface area contributed by atoms with Gasteiger partial charge in [-0.15, -0.1) is 11.6 Å². The number of ketones is 1. The molecule has 140 valence electrons. The molecule has 0 radical (unpaired) electrons. The van der Waals surface area contributed by atoms with Gasteiger partial charge in [0.15, 0.2) is 5.78 Å². The highest BCUT2D eigenvalue weighted by Gasteiger charge is 2.47. The summed E-state index contributed by atoms with van der Waals surface area (Å²) >= 11 is 6.55. The summed E-state index contributed by atoms with van der Waals surface area (Å²) in [4.78, 5) is 22.1. The van der Waals surface area contributed by atoms with E-state index in [1.807, 2.05) is 0 Å². The zero-order chi connectivity index (χ0) is 19.7. The van der Waals surface area contributed by atoms with E-state index in [9.17, 15) is 14.9 Å². The minimum Gasteiger partial charge on any atom is -0.345 e. The van der Waals surface area contributed by atoms with E-state index in [-0.39, 0.29) is 23.6 Å². The van der Waals surface area contributed by atoms with E-state index >= 15 is 4.39 Å². The molecule has 3 unspecified atom stereocenters. The highest BCUT2D eigenvalue weighted by Crippen LogP contribution is 2.43. The average Bonchev–Trinajstić information content (AvgIpc) is 2.61. The van der Waals surface area contributed by atoms with Crippen molar-refractivity contribution in [1.82, 2.24) is 0 Å². The Morgan fingerprint density at radius 3 is 2.48 bits per heavy atom. The maximum atomic E-state index is 15.4. The van der Waals surface area contributed by atoms with Gasteiger partial charge in [-0.3, -0.25) is 14.9 Å². The molecular formula is C20H18ClFN2O3. The number of nitro benzene ring substituents is 1. The third kappa shape index (κ3) is 4.01. The Morgan fingerprint density at radius 2 is 1.85 bits per heavy atom. The fraction of sp³-hybridized carbons (Fsp3) is 0.250. The lowest BCUT2D eigenvalue weighted by molar-refractivity contribution is -0.384. The van der Waals surface area contributed by atoms with Crippen molar-refractivity contribution in [2.24, 2.45) is 5.92 Å². The number of rotatable bonds is 5. The van der Waals surface area contributed by atoms with Crippen LogP contribution in [0.2, 0.25) is 0 Å². The zero-order valence-electron chi connectivity index (χ0n) is 14.6. The van der Waals surface area contributed by atoms with Crippen molar-refractivity contribution in [3.8, 4) is 0 Å². The molecular weight excluding hydrogens is 371 g/mol. The molecule has 0 fully saturated rings. The number of hydrogen-bond acceptors (Lipinski definition) is 4. The van der Waals surface area contributed by atoms with E-state index in [1.165, 1.54) is 30.4 Å². The van der Waals surface area contributed by atoms with Crippen LogP contribution in [0.1, 0.15) is 23.7 Å². The molecule has 0 saturated carbocycles. The summed E-state index contributed by atoms with van der Waals surface area (Å²) in [6, 6.07) is 14.5. The second-order valence-corrected chi connectivity index (χ2v) is 7.65. The maximum absolute atomic E-state index is 15.4. The number of nitro groups is 1. The number of benzene rings is 2. The van der Waals surface area contributed by atoms with Crippen LogP contribution < -0.4 is 5.32 Å². The predicted octanol–water partition coefficient (Wildman–Crippen LogP) is 5.13. The molecule has 7 heteroatoms. The summed E-state index contributed by atoms with van der Waals surface area (Å²) in [5.41, 5.74) is 0.314. The van der Waals surface area contributed by atoms with Gasteiger partial charge in [0.2, 0.25) is 5.79 Å². The first-order valence-electron chi connectivity index (χ1n) is 8.40. The van der Waals surface area contributed by atoms with Gasteiger partial charge in [0, 0.05) is 18.1 Å². The van der Waals surface area contributed by atoms with E-state index < -0.39 is 21.5 Å². The van der Waals surface area contributed by atoms with Crippen molar-refractivity contribution in [3.63, 3.8) is 0 Å². The van der Waals surface area contributed by atoms with E-state index in [1.54, 1.807) is 43.3 Å². The van der Waals surface area contributed by atoms with Crippen LogP contribution in [0.15, 0.2) is 66.7 Å². The standard InChI is InChI=1S/C20H18ClFN2O3/c1-19(21)13-20(22,23-16-9-5-6-10-17(16)24(26)27)12-11-15(19)18(25)14-7-3-2-4-8-14/h2-12,15,23H,13H2,1H3. The predicted molar refractivity (Wildman–Crippen MR) is 103 cm³/mol. The van der Waals surface area contributed by atoms with Crippen LogP contribution in [0, 0.1) is 16.0 Å². The lowest BCUT2D eigenvalue weighted by Gasteiger charge is -2.39. The Hall–Kier alpha value is -2.73. The van der Waals surface area contributed by atoms with Crippen LogP contribution in [0.4, 0.5) is 15.8 Å². The molecule has 27 heavy (non-hydrogen) atoms. The van der Waals surface area contributed by atoms with Crippen LogP contribution in [-0.2, 0) is 0 Å². The van der Waals surface area contributed by atoms with E-state index in [2.05, 4.69) is 5.32 Å². The molecule has 0 aromatic heterocycles. The van der Waals surface area contributed by atoms with Crippen molar-refractivity contribution < 1.29 is 14.1 Å². The fourth-order valence-electron chi connectivity index (χ4n) is 3.31. The molecule has 0 amide bonds. The molecule has 3 atom stereocenters. The van der Waals surface area contributed by atoms with Gasteiger partial charge in [0.1, 0.15) is 5.69 Å². The Labute approximate surface area is 161 Å². The molecule has 1 N–H and O–H groups in total. The first-order chi connectivity index (χ1) is 12.7. The quantitative estimate of drug-likeness (QED) is 0.192. The Balaban J connectivity index is 1.88. The van der Waals surface area contributed by atoms with Crippen LogP contribution >= 0.6 is 11.6 Å². The minimum atomic E-state index is -2.11. The molecule has 2 aromatic carbocycles. The number of halogens is 2. The van der Waals surface area contributed by atoms with Gasteiger partial charge < -0.3 is 5.32 Å². The number of nitrogens with zero attached hydrogens (tertiary/aromatic N) is 1. The molecule has 0 heterocycles. The number of nitrogens with one attached hydrogen (secondary N) is 1. The van der Waals surface area contributed by atoms with Gasteiger partial charge in [-0.1, -0.05) is 48.5 Å². The third-order valence-electron chi connectivity index (χ3n) is 4.59. The Kier molecular flexibility index (Phi) is 5.02. The molecule has 0 bridgehead atoms. The molecule has 2 aromatic rings. The van der Waals surface area contributed by atoms with E-state index in [0.717, 1.165) is 0 Å². The number of hydrogen-bond donors (Lipinski definition) is 1. The molecule has 0 spiro atoms. The molecule has 0 aliphatic heterocycles.